The smallest absolute Gasteiger partial charge is 0.0620 e. The molecule has 1 fully saturated rings. The van der Waals surface area contributed by atoms with Crippen LogP contribution in [0.25, 0.3) is 0 Å². The fourth-order valence-corrected chi connectivity index (χ4v) is 6.92. The Bertz CT molecular complexity index is 663. The summed E-state index contributed by atoms with van der Waals surface area (Å²) < 4.78 is 0. The molecular weight excluding hydrogens is 532 g/mol. The minimum atomic E-state index is -0.414. The molecule has 1 saturated carbocycles. The van der Waals surface area contributed by atoms with Crippen molar-refractivity contribution in [2.24, 2.45) is 5.41 Å². The van der Waals surface area contributed by atoms with Crippen LogP contribution in [0.2, 0.25) is 0 Å². The Hall–Kier alpha value is -1.08. The highest BCUT2D eigenvalue weighted by Gasteiger charge is 2.38. The SMILES string of the molecule is CCCCC/C=C\C/C=C\CCCCCCCCC1(CCCCCCCC/C=C\C/C=C\CCCCC)CCC(C)(O)CC1. The predicted octanol–water partition coefficient (Wildman–Crippen LogP) is 14.7. The summed E-state index contributed by atoms with van der Waals surface area (Å²) in [6, 6.07) is 0. The molecule has 0 aliphatic heterocycles. The average Bonchev–Trinajstić information content (AvgIpc) is 3.02. The summed E-state index contributed by atoms with van der Waals surface area (Å²) in [5.74, 6) is 0. The zero-order valence-electron chi connectivity index (χ0n) is 30.3. The molecule has 1 N–H and O–H groups in total. The van der Waals surface area contributed by atoms with Crippen molar-refractivity contribution in [3.63, 3.8) is 0 Å². The molecule has 0 unspecified atom stereocenters. The Balaban J connectivity index is 2.09. The largest absolute Gasteiger partial charge is 0.390 e. The van der Waals surface area contributed by atoms with Gasteiger partial charge >= 0.3 is 0 Å². The van der Waals surface area contributed by atoms with Gasteiger partial charge in [0.1, 0.15) is 0 Å². The molecule has 0 heterocycles. The molecule has 0 radical (unpaired) electrons. The van der Waals surface area contributed by atoms with Gasteiger partial charge in [-0.25, -0.2) is 0 Å². The first-order valence-electron chi connectivity index (χ1n) is 19.9. The lowest BCUT2D eigenvalue weighted by molar-refractivity contribution is -0.0262. The van der Waals surface area contributed by atoms with Crippen molar-refractivity contribution in [1.82, 2.24) is 0 Å². The molecule has 1 rings (SSSR count). The standard InChI is InChI=1S/C43H78O/c1-4-6-8-10-12-14-16-18-20-22-24-26-28-30-32-34-36-43(40-38-42(3,44)39-41-43)37-35-33-31-29-27-25-23-21-19-17-15-13-11-9-7-5-2/h12-15,18-21,44H,4-11,16-17,22-41H2,1-3H3/b14-12-,15-13-,20-18-,21-19-. The first-order chi connectivity index (χ1) is 21.5. The van der Waals surface area contributed by atoms with E-state index in [0.717, 1.165) is 25.7 Å². The van der Waals surface area contributed by atoms with E-state index in [1.165, 1.54) is 167 Å². The molecule has 1 aliphatic rings. The second kappa shape index (κ2) is 29.3. The number of hydrogen-bond donors (Lipinski definition) is 1. The van der Waals surface area contributed by atoms with Crippen molar-refractivity contribution in [3.8, 4) is 0 Å². The Morgan fingerprint density at radius 3 is 1.09 bits per heavy atom. The van der Waals surface area contributed by atoms with Crippen molar-refractivity contribution in [3.05, 3.63) is 48.6 Å². The topological polar surface area (TPSA) is 20.2 Å². The van der Waals surface area contributed by atoms with E-state index in [1.807, 2.05) is 0 Å². The highest BCUT2D eigenvalue weighted by molar-refractivity contribution is 4.94. The van der Waals surface area contributed by atoms with Crippen LogP contribution in [0.3, 0.4) is 0 Å². The Morgan fingerprint density at radius 2 is 0.727 bits per heavy atom. The molecule has 1 nitrogen and oxygen atoms in total. The Labute approximate surface area is 277 Å². The number of hydrogen-bond acceptors (Lipinski definition) is 1. The zero-order valence-corrected chi connectivity index (χ0v) is 30.3. The van der Waals surface area contributed by atoms with Crippen LogP contribution in [0.4, 0.5) is 0 Å². The van der Waals surface area contributed by atoms with E-state index in [-0.39, 0.29) is 0 Å². The van der Waals surface area contributed by atoms with Crippen LogP contribution >= 0.6 is 0 Å². The van der Waals surface area contributed by atoms with Gasteiger partial charge in [0.25, 0.3) is 0 Å². The molecule has 0 spiro atoms. The van der Waals surface area contributed by atoms with Gasteiger partial charge in [-0.2, -0.15) is 0 Å². The zero-order chi connectivity index (χ0) is 31.9. The number of allylic oxidation sites excluding steroid dienone is 8. The minimum absolute atomic E-state index is 0.414. The van der Waals surface area contributed by atoms with Crippen LogP contribution in [0.5, 0.6) is 0 Å². The van der Waals surface area contributed by atoms with E-state index in [0.29, 0.717) is 5.41 Å². The monoisotopic (exact) mass is 611 g/mol. The van der Waals surface area contributed by atoms with E-state index < -0.39 is 5.60 Å². The molecule has 256 valence electrons. The minimum Gasteiger partial charge on any atom is -0.390 e. The van der Waals surface area contributed by atoms with E-state index in [2.05, 4.69) is 69.4 Å². The summed E-state index contributed by atoms with van der Waals surface area (Å²) in [5.41, 5.74) is 0.106. The lowest BCUT2D eigenvalue weighted by Crippen LogP contribution is -2.36. The van der Waals surface area contributed by atoms with Crippen LogP contribution in [0, 0.1) is 5.41 Å². The first kappa shape index (κ1) is 40.9. The van der Waals surface area contributed by atoms with Gasteiger partial charge < -0.3 is 5.11 Å². The average molecular weight is 611 g/mol. The van der Waals surface area contributed by atoms with Crippen LogP contribution in [0.15, 0.2) is 48.6 Å². The third-order valence-corrected chi connectivity index (χ3v) is 10.2. The number of aliphatic hydroxyl groups is 1. The normalized spacial score (nSPS) is 16.8. The lowest BCUT2D eigenvalue weighted by Gasteiger charge is -2.43. The van der Waals surface area contributed by atoms with Gasteiger partial charge in [-0.15, -0.1) is 0 Å². The predicted molar refractivity (Wildman–Crippen MR) is 199 cm³/mol. The Kier molecular flexibility index (Phi) is 27.3. The molecule has 0 aromatic heterocycles. The van der Waals surface area contributed by atoms with E-state index >= 15 is 0 Å². The lowest BCUT2D eigenvalue weighted by atomic mass is 9.64. The number of unbranched alkanes of at least 4 members (excludes halogenated alkanes) is 18. The Morgan fingerprint density at radius 1 is 0.409 bits per heavy atom. The van der Waals surface area contributed by atoms with Gasteiger partial charge in [0.05, 0.1) is 5.60 Å². The van der Waals surface area contributed by atoms with Gasteiger partial charge in [0.15, 0.2) is 0 Å². The summed E-state index contributed by atoms with van der Waals surface area (Å²) in [4.78, 5) is 0. The number of rotatable bonds is 30. The third-order valence-electron chi connectivity index (χ3n) is 10.2. The summed E-state index contributed by atoms with van der Waals surface area (Å²) in [5, 5.41) is 10.6. The van der Waals surface area contributed by atoms with Gasteiger partial charge in [0.2, 0.25) is 0 Å². The van der Waals surface area contributed by atoms with E-state index in [4.69, 9.17) is 0 Å². The maximum Gasteiger partial charge on any atom is 0.0620 e. The highest BCUT2D eigenvalue weighted by Crippen LogP contribution is 2.47. The molecule has 0 aromatic carbocycles. The van der Waals surface area contributed by atoms with E-state index in [9.17, 15) is 5.11 Å². The van der Waals surface area contributed by atoms with Crippen LogP contribution in [-0.2, 0) is 0 Å². The van der Waals surface area contributed by atoms with Crippen LogP contribution < -0.4 is 0 Å². The van der Waals surface area contributed by atoms with Crippen LogP contribution in [0.1, 0.15) is 213 Å². The highest BCUT2D eigenvalue weighted by atomic mass is 16.3. The molecule has 1 heteroatoms. The fourth-order valence-electron chi connectivity index (χ4n) is 6.92. The molecule has 1 aliphatic carbocycles. The molecule has 44 heavy (non-hydrogen) atoms. The molecule has 0 bridgehead atoms. The van der Waals surface area contributed by atoms with Crippen molar-refractivity contribution in [2.45, 2.75) is 219 Å². The summed E-state index contributed by atoms with van der Waals surface area (Å²) in [6.45, 7) is 6.61. The maximum atomic E-state index is 10.6. The van der Waals surface area contributed by atoms with Gasteiger partial charge in [-0.1, -0.05) is 152 Å². The van der Waals surface area contributed by atoms with Crippen molar-refractivity contribution < 1.29 is 5.11 Å². The quantitative estimate of drug-likeness (QED) is 0.0633. The molecular formula is C43H78O. The van der Waals surface area contributed by atoms with Gasteiger partial charge in [0, 0.05) is 0 Å². The second-order valence-corrected chi connectivity index (χ2v) is 14.7. The fraction of sp³-hybridized carbons (Fsp3) is 0.814. The molecule has 0 aromatic rings. The van der Waals surface area contributed by atoms with Crippen molar-refractivity contribution in [1.29, 1.82) is 0 Å². The van der Waals surface area contributed by atoms with Crippen LogP contribution in [-0.4, -0.2) is 10.7 Å². The maximum absolute atomic E-state index is 10.6. The first-order valence-corrected chi connectivity index (χ1v) is 19.9. The molecule has 0 saturated heterocycles. The van der Waals surface area contributed by atoms with E-state index in [1.54, 1.807) is 0 Å². The molecule has 0 amide bonds. The van der Waals surface area contributed by atoms with Crippen molar-refractivity contribution >= 4 is 0 Å². The molecule has 0 atom stereocenters. The summed E-state index contributed by atoms with van der Waals surface area (Å²) in [6.07, 6.45) is 58.2. The van der Waals surface area contributed by atoms with Crippen molar-refractivity contribution in [2.75, 3.05) is 0 Å². The summed E-state index contributed by atoms with van der Waals surface area (Å²) in [7, 11) is 0. The third kappa shape index (κ3) is 25.2. The summed E-state index contributed by atoms with van der Waals surface area (Å²) >= 11 is 0. The van der Waals surface area contributed by atoms with Gasteiger partial charge in [-0.3, -0.25) is 0 Å². The second-order valence-electron chi connectivity index (χ2n) is 14.7. The van der Waals surface area contributed by atoms with Gasteiger partial charge in [-0.05, 0) is 115 Å².